The molecular weight excluding hydrogens is 236 g/mol. The third-order valence-corrected chi connectivity index (χ3v) is 2.50. The normalized spacial score (nSPS) is 14.1. The first-order chi connectivity index (χ1) is 7.77. The van der Waals surface area contributed by atoms with Crippen LogP contribution >= 0.6 is 0 Å². The van der Waals surface area contributed by atoms with E-state index in [-0.39, 0.29) is 12.0 Å². The van der Waals surface area contributed by atoms with Crippen LogP contribution in [0.25, 0.3) is 0 Å². The summed E-state index contributed by atoms with van der Waals surface area (Å²) < 4.78 is 50.3. The lowest BCUT2D eigenvalue weighted by molar-refractivity contribution is -0.140. The minimum atomic E-state index is -4.67. The number of alkyl halides is 3. The molecule has 0 radical (unpaired) electrons. The number of halogens is 4. The molecule has 1 aromatic rings. The third-order valence-electron chi connectivity index (χ3n) is 2.50. The molecule has 0 aliphatic rings. The number of hydrogen-bond acceptors (Lipinski definition) is 2. The predicted octanol–water partition coefficient (Wildman–Crippen LogP) is 3.00. The van der Waals surface area contributed by atoms with Crippen LogP contribution in [0.5, 0.6) is 0 Å². The van der Waals surface area contributed by atoms with Gasteiger partial charge in [0.05, 0.1) is 5.56 Å². The number of benzene rings is 1. The Hall–Kier alpha value is -1.14. The molecule has 0 heterocycles. The smallest absolute Gasteiger partial charge is 0.271 e. The maximum absolute atomic E-state index is 13.3. The van der Waals surface area contributed by atoms with Crippen LogP contribution in [0, 0.1) is 11.7 Å². The van der Waals surface area contributed by atoms with Crippen molar-refractivity contribution in [2.24, 2.45) is 11.8 Å². The Kier molecular flexibility index (Phi) is 4.11. The largest absolute Gasteiger partial charge is 0.419 e. The molecule has 0 amide bonds. The Morgan fingerprint density at radius 3 is 2.18 bits per heavy atom. The predicted molar refractivity (Wildman–Crippen MR) is 56.3 cm³/mol. The standard InChI is InChI=1S/C11H14F4N2/c1-6(2)10(17-16)7-3-4-8(9(12)5-7)11(13,14)15/h3-6,10,17H,16H2,1-2H3. The first-order valence-electron chi connectivity index (χ1n) is 5.10. The average Bonchev–Trinajstić information content (AvgIpc) is 2.15. The molecule has 96 valence electrons. The maximum Gasteiger partial charge on any atom is 0.419 e. The van der Waals surface area contributed by atoms with Gasteiger partial charge in [-0.3, -0.25) is 11.3 Å². The van der Waals surface area contributed by atoms with E-state index in [1.54, 1.807) is 0 Å². The Labute approximate surface area is 96.8 Å². The fourth-order valence-corrected chi connectivity index (χ4v) is 1.63. The molecule has 1 atom stereocenters. The summed E-state index contributed by atoms with van der Waals surface area (Å²) in [5.74, 6) is 4.04. The number of nitrogens with one attached hydrogen (secondary N) is 1. The van der Waals surface area contributed by atoms with E-state index < -0.39 is 17.6 Å². The quantitative estimate of drug-likeness (QED) is 0.491. The monoisotopic (exact) mass is 250 g/mol. The molecular formula is C11H14F4N2. The molecule has 0 spiro atoms. The first kappa shape index (κ1) is 13.9. The molecule has 0 bridgehead atoms. The van der Waals surface area contributed by atoms with Gasteiger partial charge < -0.3 is 0 Å². The molecule has 0 fully saturated rings. The van der Waals surface area contributed by atoms with E-state index in [4.69, 9.17) is 5.84 Å². The zero-order valence-electron chi connectivity index (χ0n) is 9.48. The lowest BCUT2D eigenvalue weighted by Gasteiger charge is -2.21. The summed E-state index contributed by atoms with van der Waals surface area (Å²) in [4.78, 5) is 0. The van der Waals surface area contributed by atoms with Gasteiger partial charge in [-0.25, -0.2) is 4.39 Å². The van der Waals surface area contributed by atoms with Crippen molar-refractivity contribution in [1.29, 1.82) is 0 Å². The minimum Gasteiger partial charge on any atom is -0.271 e. The number of nitrogens with two attached hydrogens (primary N) is 1. The molecule has 0 aliphatic carbocycles. The molecule has 0 aliphatic heterocycles. The summed E-state index contributed by atoms with van der Waals surface area (Å²) in [5, 5.41) is 0. The van der Waals surface area contributed by atoms with Crippen molar-refractivity contribution in [3.05, 3.63) is 35.1 Å². The second-order valence-corrected chi connectivity index (χ2v) is 4.13. The van der Waals surface area contributed by atoms with Gasteiger partial charge >= 0.3 is 6.18 Å². The van der Waals surface area contributed by atoms with Crippen LogP contribution in [-0.4, -0.2) is 0 Å². The minimum absolute atomic E-state index is 0.0381. The van der Waals surface area contributed by atoms with Crippen LogP contribution < -0.4 is 11.3 Å². The van der Waals surface area contributed by atoms with E-state index in [1.165, 1.54) is 6.07 Å². The second-order valence-electron chi connectivity index (χ2n) is 4.13. The molecule has 0 saturated heterocycles. The third kappa shape index (κ3) is 3.17. The fraction of sp³-hybridized carbons (Fsp3) is 0.455. The highest BCUT2D eigenvalue weighted by Crippen LogP contribution is 2.33. The molecule has 3 N–H and O–H groups in total. The molecule has 0 aromatic heterocycles. The van der Waals surface area contributed by atoms with Crippen LogP contribution in [0.2, 0.25) is 0 Å². The molecule has 1 rings (SSSR count). The van der Waals surface area contributed by atoms with Crippen molar-refractivity contribution in [3.8, 4) is 0 Å². The Morgan fingerprint density at radius 1 is 1.24 bits per heavy atom. The Bertz CT molecular complexity index is 388. The van der Waals surface area contributed by atoms with Crippen LogP contribution in [0.3, 0.4) is 0 Å². The lowest BCUT2D eigenvalue weighted by Crippen LogP contribution is -2.31. The van der Waals surface area contributed by atoms with Gasteiger partial charge in [-0.05, 0) is 23.6 Å². The van der Waals surface area contributed by atoms with E-state index in [1.807, 2.05) is 13.8 Å². The summed E-state index contributed by atoms with van der Waals surface area (Å²) in [6, 6.07) is 2.45. The second kappa shape index (κ2) is 5.01. The van der Waals surface area contributed by atoms with Gasteiger partial charge in [0, 0.05) is 6.04 Å². The van der Waals surface area contributed by atoms with Crippen LogP contribution in [0.1, 0.15) is 31.0 Å². The highest BCUT2D eigenvalue weighted by atomic mass is 19.4. The summed E-state index contributed by atoms with van der Waals surface area (Å²) in [6.07, 6.45) is -4.67. The number of rotatable bonds is 3. The summed E-state index contributed by atoms with van der Waals surface area (Å²) >= 11 is 0. The van der Waals surface area contributed by atoms with Gasteiger partial charge in [-0.1, -0.05) is 19.9 Å². The molecule has 2 nitrogen and oxygen atoms in total. The molecule has 0 saturated carbocycles. The van der Waals surface area contributed by atoms with Crippen molar-refractivity contribution in [2.45, 2.75) is 26.1 Å². The summed E-state index contributed by atoms with van der Waals surface area (Å²) in [7, 11) is 0. The summed E-state index contributed by atoms with van der Waals surface area (Å²) in [5.41, 5.74) is 1.59. The average molecular weight is 250 g/mol. The Morgan fingerprint density at radius 2 is 1.82 bits per heavy atom. The van der Waals surface area contributed by atoms with E-state index in [2.05, 4.69) is 5.43 Å². The zero-order valence-corrected chi connectivity index (χ0v) is 9.48. The van der Waals surface area contributed by atoms with Gasteiger partial charge in [0.1, 0.15) is 5.82 Å². The summed E-state index contributed by atoms with van der Waals surface area (Å²) in [6.45, 7) is 3.67. The van der Waals surface area contributed by atoms with Crippen LogP contribution in [0.15, 0.2) is 18.2 Å². The van der Waals surface area contributed by atoms with Gasteiger partial charge in [0.15, 0.2) is 0 Å². The topological polar surface area (TPSA) is 38.0 Å². The van der Waals surface area contributed by atoms with Gasteiger partial charge in [-0.2, -0.15) is 13.2 Å². The maximum atomic E-state index is 13.3. The van der Waals surface area contributed by atoms with Gasteiger partial charge in [0.25, 0.3) is 0 Å². The fourth-order valence-electron chi connectivity index (χ4n) is 1.63. The highest BCUT2D eigenvalue weighted by molar-refractivity contribution is 5.28. The van der Waals surface area contributed by atoms with E-state index in [9.17, 15) is 17.6 Å². The molecule has 6 heteroatoms. The SMILES string of the molecule is CC(C)C(NN)c1ccc(C(F)(F)F)c(F)c1. The number of hydrogen-bond donors (Lipinski definition) is 2. The lowest BCUT2D eigenvalue weighted by atomic mass is 9.95. The van der Waals surface area contributed by atoms with Crippen LogP contribution in [-0.2, 0) is 6.18 Å². The van der Waals surface area contributed by atoms with Crippen molar-refractivity contribution in [3.63, 3.8) is 0 Å². The van der Waals surface area contributed by atoms with Gasteiger partial charge in [0.2, 0.25) is 0 Å². The van der Waals surface area contributed by atoms with E-state index in [0.29, 0.717) is 5.56 Å². The Balaban J connectivity index is 3.12. The van der Waals surface area contributed by atoms with E-state index in [0.717, 1.165) is 12.1 Å². The van der Waals surface area contributed by atoms with Crippen molar-refractivity contribution >= 4 is 0 Å². The van der Waals surface area contributed by atoms with Crippen molar-refractivity contribution < 1.29 is 17.6 Å². The molecule has 1 unspecified atom stereocenters. The van der Waals surface area contributed by atoms with Crippen LogP contribution in [0.4, 0.5) is 17.6 Å². The first-order valence-corrected chi connectivity index (χ1v) is 5.10. The highest BCUT2D eigenvalue weighted by Gasteiger charge is 2.34. The number of hydrazine groups is 1. The van der Waals surface area contributed by atoms with Gasteiger partial charge in [-0.15, -0.1) is 0 Å². The van der Waals surface area contributed by atoms with E-state index >= 15 is 0 Å². The van der Waals surface area contributed by atoms with Crippen molar-refractivity contribution in [1.82, 2.24) is 5.43 Å². The zero-order chi connectivity index (χ0) is 13.2. The van der Waals surface area contributed by atoms with Crippen molar-refractivity contribution in [2.75, 3.05) is 0 Å². The molecule has 1 aromatic carbocycles. The molecule has 17 heavy (non-hydrogen) atoms.